The summed E-state index contributed by atoms with van der Waals surface area (Å²) in [6.07, 6.45) is 0.111. The second-order valence-electron chi connectivity index (χ2n) is 5.35. The Morgan fingerprint density at radius 2 is 1.96 bits per heavy atom. The number of hydrogen-bond acceptors (Lipinski definition) is 4. The molecule has 2 aromatic carbocycles. The first-order valence-electron chi connectivity index (χ1n) is 7.65. The van der Waals surface area contributed by atoms with Gasteiger partial charge in [-0.15, -0.1) is 24.2 Å². The molecule has 3 rings (SSSR count). The molecule has 1 fully saturated rings. The molecule has 0 amide bonds. The highest BCUT2D eigenvalue weighted by atomic mass is 35.5. The van der Waals surface area contributed by atoms with E-state index in [9.17, 15) is 0 Å². The van der Waals surface area contributed by atoms with Crippen LogP contribution in [-0.2, 0) is 4.74 Å². The van der Waals surface area contributed by atoms with Gasteiger partial charge in [-0.25, -0.2) is 0 Å². The van der Waals surface area contributed by atoms with Crippen LogP contribution in [0.5, 0.6) is 5.75 Å². The molecular formula is C18H21Cl2NO2S. The van der Waals surface area contributed by atoms with Gasteiger partial charge >= 0.3 is 0 Å². The van der Waals surface area contributed by atoms with Crippen molar-refractivity contribution in [2.24, 2.45) is 0 Å². The molecule has 1 aliphatic rings. The number of morpholine rings is 1. The molecule has 0 spiro atoms. The van der Waals surface area contributed by atoms with Gasteiger partial charge < -0.3 is 14.8 Å². The molecule has 2 aromatic rings. The highest BCUT2D eigenvalue weighted by Gasteiger charge is 2.27. The minimum atomic E-state index is 0. The van der Waals surface area contributed by atoms with Crippen LogP contribution >= 0.6 is 35.8 Å². The summed E-state index contributed by atoms with van der Waals surface area (Å²) in [7, 11) is 1.70. The Balaban J connectivity index is 0.00000208. The van der Waals surface area contributed by atoms with Crippen molar-refractivity contribution < 1.29 is 9.47 Å². The Labute approximate surface area is 158 Å². The molecule has 0 unspecified atom stereocenters. The number of hydrogen-bond donors (Lipinski definition) is 1. The largest absolute Gasteiger partial charge is 0.496 e. The van der Waals surface area contributed by atoms with Crippen LogP contribution in [0.4, 0.5) is 0 Å². The summed E-state index contributed by atoms with van der Waals surface area (Å²) < 4.78 is 11.5. The Bertz CT molecular complexity index is 633. The zero-order chi connectivity index (χ0) is 16.1. The van der Waals surface area contributed by atoms with Gasteiger partial charge in [-0.3, -0.25) is 0 Å². The number of thioether (sulfide) groups is 1. The van der Waals surface area contributed by atoms with E-state index in [1.807, 2.05) is 30.3 Å². The lowest BCUT2D eigenvalue weighted by Crippen LogP contribution is -2.41. The number of methoxy groups -OCH3 is 1. The molecule has 24 heavy (non-hydrogen) atoms. The molecule has 0 aliphatic carbocycles. The van der Waals surface area contributed by atoms with E-state index in [0.717, 1.165) is 35.4 Å². The second kappa shape index (κ2) is 9.54. The van der Waals surface area contributed by atoms with Crippen LogP contribution in [0.3, 0.4) is 0 Å². The van der Waals surface area contributed by atoms with Gasteiger partial charge in [-0.2, -0.15) is 0 Å². The normalized spacial score (nSPS) is 18.5. The van der Waals surface area contributed by atoms with Crippen LogP contribution in [0.1, 0.15) is 10.8 Å². The van der Waals surface area contributed by atoms with Crippen LogP contribution in [0, 0.1) is 0 Å². The number of benzene rings is 2. The Kier molecular flexibility index (Phi) is 7.72. The topological polar surface area (TPSA) is 30.5 Å². The maximum absolute atomic E-state index is 6.04. The summed E-state index contributed by atoms with van der Waals surface area (Å²) >= 11 is 7.81. The number of nitrogens with one attached hydrogen (secondary N) is 1. The fourth-order valence-corrected chi connectivity index (χ4v) is 4.09. The van der Waals surface area contributed by atoms with E-state index in [1.165, 1.54) is 5.56 Å². The van der Waals surface area contributed by atoms with Gasteiger partial charge in [0.15, 0.2) is 0 Å². The third kappa shape index (κ3) is 4.80. The molecule has 130 valence electrons. The van der Waals surface area contributed by atoms with Crippen molar-refractivity contribution in [1.82, 2.24) is 5.32 Å². The van der Waals surface area contributed by atoms with Crippen LogP contribution in [0.25, 0.3) is 0 Å². The molecule has 0 saturated carbocycles. The van der Waals surface area contributed by atoms with Crippen LogP contribution < -0.4 is 10.1 Å². The third-order valence-corrected chi connectivity index (χ3v) is 5.49. The van der Waals surface area contributed by atoms with E-state index in [-0.39, 0.29) is 23.8 Å². The van der Waals surface area contributed by atoms with E-state index in [1.54, 1.807) is 18.9 Å². The van der Waals surface area contributed by atoms with E-state index in [4.69, 9.17) is 21.1 Å². The third-order valence-electron chi connectivity index (χ3n) is 3.82. The summed E-state index contributed by atoms with van der Waals surface area (Å²) in [4.78, 5) is 1.11. The van der Waals surface area contributed by atoms with E-state index in [2.05, 4.69) is 23.5 Å². The molecular weight excluding hydrogens is 365 g/mol. The Morgan fingerprint density at radius 1 is 1.21 bits per heavy atom. The van der Waals surface area contributed by atoms with Crippen LogP contribution in [-0.4, -0.2) is 32.9 Å². The molecule has 3 nitrogen and oxygen atoms in total. The van der Waals surface area contributed by atoms with Crippen LogP contribution in [0.2, 0.25) is 5.02 Å². The first-order chi connectivity index (χ1) is 11.3. The Hall–Kier alpha value is -0.910. The van der Waals surface area contributed by atoms with E-state index >= 15 is 0 Å². The van der Waals surface area contributed by atoms with E-state index < -0.39 is 0 Å². The average molecular weight is 386 g/mol. The molecule has 0 aromatic heterocycles. The van der Waals surface area contributed by atoms with Crippen molar-refractivity contribution in [2.75, 3.05) is 26.8 Å². The molecule has 1 N–H and O–H groups in total. The molecule has 1 saturated heterocycles. The SMILES string of the molecule is COc1ccccc1S[C@H](c1ccc(Cl)cc1)[C@H]1CNCCO1.Cl. The van der Waals surface area contributed by atoms with E-state index in [0.29, 0.717) is 0 Å². The molecule has 0 radical (unpaired) electrons. The lowest BCUT2D eigenvalue weighted by atomic mass is 10.1. The molecule has 1 heterocycles. The minimum Gasteiger partial charge on any atom is -0.496 e. The molecule has 1 aliphatic heterocycles. The van der Waals surface area contributed by atoms with Gasteiger partial charge in [0, 0.05) is 18.1 Å². The number of para-hydroxylation sites is 1. The van der Waals surface area contributed by atoms with Gasteiger partial charge in [-0.05, 0) is 29.8 Å². The van der Waals surface area contributed by atoms with Gasteiger partial charge in [0.05, 0.1) is 30.0 Å². The summed E-state index contributed by atoms with van der Waals surface area (Å²) in [6.45, 7) is 2.49. The highest BCUT2D eigenvalue weighted by Crippen LogP contribution is 2.43. The zero-order valence-electron chi connectivity index (χ0n) is 13.4. The van der Waals surface area contributed by atoms with Crippen molar-refractivity contribution in [3.05, 3.63) is 59.1 Å². The second-order valence-corrected chi connectivity index (χ2v) is 6.97. The van der Waals surface area contributed by atoms with Crippen molar-refractivity contribution >= 4 is 35.8 Å². The lowest BCUT2D eigenvalue weighted by molar-refractivity contribution is 0.0273. The minimum absolute atomic E-state index is 0. The van der Waals surface area contributed by atoms with Crippen molar-refractivity contribution in [1.29, 1.82) is 0 Å². The first kappa shape index (κ1) is 19.4. The van der Waals surface area contributed by atoms with Gasteiger partial charge in [-0.1, -0.05) is 35.9 Å². The van der Waals surface area contributed by atoms with Crippen molar-refractivity contribution in [3.63, 3.8) is 0 Å². The smallest absolute Gasteiger partial charge is 0.132 e. The lowest BCUT2D eigenvalue weighted by Gasteiger charge is -2.31. The predicted molar refractivity (Wildman–Crippen MR) is 103 cm³/mol. The predicted octanol–water partition coefficient (Wildman–Crippen LogP) is 4.59. The Morgan fingerprint density at radius 3 is 2.62 bits per heavy atom. The molecule has 6 heteroatoms. The molecule has 0 bridgehead atoms. The summed E-state index contributed by atoms with van der Waals surface area (Å²) in [6, 6.07) is 16.1. The van der Waals surface area contributed by atoms with Gasteiger partial charge in [0.1, 0.15) is 5.75 Å². The maximum atomic E-state index is 6.04. The number of halogens is 2. The summed E-state index contributed by atoms with van der Waals surface area (Å²) in [5, 5.41) is 4.34. The van der Waals surface area contributed by atoms with Gasteiger partial charge in [0.25, 0.3) is 0 Å². The van der Waals surface area contributed by atoms with Gasteiger partial charge in [0.2, 0.25) is 0 Å². The number of ether oxygens (including phenoxy) is 2. The van der Waals surface area contributed by atoms with Crippen LogP contribution in [0.15, 0.2) is 53.4 Å². The molecule has 2 atom stereocenters. The summed E-state index contributed by atoms with van der Waals surface area (Å²) in [5.41, 5.74) is 1.21. The first-order valence-corrected chi connectivity index (χ1v) is 8.91. The maximum Gasteiger partial charge on any atom is 0.132 e. The fraction of sp³-hybridized carbons (Fsp3) is 0.333. The highest BCUT2D eigenvalue weighted by molar-refractivity contribution is 7.99. The number of rotatable bonds is 5. The fourth-order valence-electron chi connectivity index (χ4n) is 2.64. The standard InChI is InChI=1S/C18H20ClNO2S.ClH/c1-21-15-4-2-3-5-17(15)23-18(16-12-20-10-11-22-16)13-6-8-14(19)9-7-13;/h2-9,16,18,20H,10-12H2,1H3;1H/t16-,18-;/m1./s1. The van der Waals surface area contributed by atoms with Crippen molar-refractivity contribution in [3.8, 4) is 5.75 Å². The zero-order valence-corrected chi connectivity index (χ0v) is 15.8. The van der Waals surface area contributed by atoms with Crippen molar-refractivity contribution in [2.45, 2.75) is 16.2 Å². The monoisotopic (exact) mass is 385 g/mol. The average Bonchev–Trinajstić information content (AvgIpc) is 2.61. The quantitative estimate of drug-likeness (QED) is 0.762. The summed E-state index contributed by atoms with van der Waals surface area (Å²) in [5.74, 6) is 0.889.